The number of amides is 2. The van der Waals surface area contributed by atoms with Crippen molar-refractivity contribution in [2.45, 2.75) is 31.3 Å². The molecule has 8 nitrogen and oxygen atoms in total. The summed E-state index contributed by atoms with van der Waals surface area (Å²) in [5, 5.41) is 22.1. The van der Waals surface area contributed by atoms with Crippen LogP contribution in [0.3, 0.4) is 0 Å². The molecule has 1 rings (SSSR count). The van der Waals surface area contributed by atoms with Crippen LogP contribution in [-0.4, -0.2) is 60.8 Å². The number of aliphatic hydroxyl groups is 1. The van der Waals surface area contributed by atoms with Gasteiger partial charge in [-0.05, 0) is 12.8 Å². The number of hydrogen-bond donors (Lipinski definition) is 4. The van der Waals surface area contributed by atoms with Gasteiger partial charge in [-0.3, -0.25) is 0 Å². The first-order valence-electron chi connectivity index (χ1n) is 5.95. The average molecular weight is 294 g/mol. The molecule has 1 aliphatic rings. The van der Waals surface area contributed by atoms with Crippen LogP contribution in [0, 0.1) is 0 Å². The number of carbonyl (C=O) groups excluding carboxylic acids is 1. The number of carboxylic acid groups (broad SMARTS) is 1. The zero-order valence-electron chi connectivity index (χ0n) is 10.3. The topological polar surface area (TPSA) is 133 Å². The summed E-state index contributed by atoms with van der Waals surface area (Å²) < 4.78 is 22.8. The van der Waals surface area contributed by atoms with Gasteiger partial charge in [0, 0.05) is 19.1 Å². The number of rotatable bonds is 5. The van der Waals surface area contributed by atoms with Crippen LogP contribution in [0.1, 0.15) is 19.3 Å². The third-order valence-corrected chi connectivity index (χ3v) is 4.64. The van der Waals surface area contributed by atoms with E-state index in [4.69, 9.17) is 10.2 Å². The Kier molecular flexibility index (Phi) is 5.55. The molecule has 0 bridgehead atoms. The molecule has 0 saturated carbocycles. The lowest BCUT2D eigenvalue weighted by Gasteiger charge is -2.24. The molecule has 0 aromatic rings. The van der Waals surface area contributed by atoms with E-state index in [1.807, 2.05) is 0 Å². The minimum absolute atomic E-state index is 0.105. The molecule has 4 N–H and O–H groups in total. The third-order valence-electron chi connectivity index (χ3n) is 2.82. The summed E-state index contributed by atoms with van der Waals surface area (Å²) in [5.41, 5.74) is 0. The predicted octanol–water partition coefficient (Wildman–Crippen LogP) is -1.30. The number of carbonyl (C=O) groups is 2. The second-order valence-electron chi connectivity index (χ2n) is 4.47. The number of hydrogen-bond acceptors (Lipinski definition) is 5. The number of sulfone groups is 1. The minimum atomic E-state index is -3.13. The maximum Gasteiger partial charge on any atom is 0.326 e. The summed E-state index contributed by atoms with van der Waals surface area (Å²) in [7, 11) is -3.13. The summed E-state index contributed by atoms with van der Waals surface area (Å²) in [6.45, 7) is -0.366. The second-order valence-corrected chi connectivity index (χ2v) is 6.70. The molecule has 2 amide bonds. The van der Waals surface area contributed by atoms with Gasteiger partial charge in [-0.1, -0.05) is 0 Å². The molecule has 1 aliphatic heterocycles. The smallest absolute Gasteiger partial charge is 0.326 e. The lowest BCUT2D eigenvalue weighted by molar-refractivity contribution is -0.139. The highest BCUT2D eigenvalue weighted by Gasteiger charge is 2.27. The Balaban J connectivity index is 2.48. The molecule has 0 aliphatic carbocycles. The zero-order valence-corrected chi connectivity index (χ0v) is 11.1. The van der Waals surface area contributed by atoms with Crippen molar-refractivity contribution < 1.29 is 28.2 Å². The number of aliphatic carboxylic acids is 1. The Morgan fingerprint density at radius 1 is 1.37 bits per heavy atom. The summed E-state index contributed by atoms with van der Waals surface area (Å²) in [5.74, 6) is -1.26. The Bertz CT molecular complexity index is 435. The third kappa shape index (κ3) is 5.43. The van der Waals surface area contributed by atoms with Crippen LogP contribution < -0.4 is 10.6 Å². The minimum Gasteiger partial charge on any atom is -0.480 e. The van der Waals surface area contributed by atoms with Crippen LogP contribution >= 0.6 is 0 Å². The van der Waals surface area contributed by atoms with Gasteiger partial charge < -0.3 is 20.8 Å². The van der Waals surface area contributed by atoms with Gasteiger partial charge in [0.25, 0.3) is 0 Å². The van der Waals surface area contributed by atoms with E-state index in [9.17, 15) is 18.0 Å². The standard InChI is InChI=1S/C10H18N2O6S/c13-4-3-8(9(14)15)12-10(16)11-7-2-1-5-19(17,18)6-7/h7-8,13H,1-6H2,(H,14,15)(H2,11,12,16)/t7?,8-/m1/s1. The van der Waals surface area contributed by atoms with Crippen molar-refractivity contribution in [3.8, 4) is 0 Å². The maximum absolute atomic E-state index is 11.5. The first-order valence-corrected chi connectivity index (χ1v) is 7.77. The fourth-order valence-electron chi connectivity index (χ4n) is 1.91. The van der Waals surface area contributed by atoms with E-state index in [-0.39, 0.29) is 24.5 Å². The molecule has 9 heteroatoms. The predicted molar refractivity (Wildman–Crippen MR) is 66.5 cm³/mol. The van der Waals surface area contributed by atoms with Crippen molar-refractivity contribution >= 4 is 21.8 Å². The van der Waals surface area contributed by atoms with Gasteiger partial charge in [0.1, 0.15) is 6.04 Å². The lowest BCUT2D eigenvalue weighted by atomic mass is 10.2. The molecule has 1 saturated heterocycles. The molecule has 0 aromatic carbocycles. The van der Waals surface area contributed by atoms with Crippen LogP contribution in [-0.2, 0) is 14.6 Å². The number of aliphatic hydroxyl groups excluding tert-OH is 1. The summed E-state index contributed by atoms with van der Waals surface area (Å²) in [4.78, 5) is 22.3. The van der Waals surface area contributed by atoms with E-state index in [0.29, 0.717) is 12.8 Å². The zero-order chi connectivity index (χ0) is 14.5. The van der Waals surface area contributed by atoms with Gasteiger partial charge in [-0.25, -0.2) is 18.0 Å². The van der Waals surface area contributed by atoms with Crippen LogP contribution in [0.4, 0.5) is 4.79 Å². The molecule has 1 heterocycles. The summed E-state index contributed by atoms with van der Waals surface area (Å²) in [6.07, 6.45) is 0.919. The molecule has 1 unspecified atom stereocenters. The SMILES string of the molecule is O=C(NC1CCCS(=O)(=O)C1)N[C@H](CCO)C(=O)O. The largest absolute Gasteiger partial charge is 0.480 e. The van der Waals surface area contributed by atoms with Crippen molar-refractivity contribution in [3.63, 3.8) is 0 Å². The van der Waals surface area contributed by atoms with Gasteiger partial charge in [0.2, 0.25) is 0 Å². The van der Waals surface area contributed by atoms with E-state index in [1.54, 1.807) is 0 Å². The average Bonchev–Trinajstić information content (AvgIpc) is 2.26. The Labute approximate surface area is 111 Å². The summed E-state index contributed by atoms with van der Waals surface area (Å²) in [6, 6.07) is -2.42. The molecule has 0 aromatic heterocycles. The van der Waals surface area contributed by atoms with E-state index >= 15 is 0 Å². The molecule has 1 fully saturated rings. The quantitative estimate of drug-likeness (QED) is 0.498. The molecular formula is C10H18N2O6S. The van der Waals surface area contributed by atoms with E-state index < -0.39 is 33.9 Å². The number of carboxylic acids is 1. The maximum atomic E-state index is 11.5. The fourth-order valence-corrected chi connectivity index (χ4v) is 3.54. The molecule has 19 heavy (non-hydrogen) atoms. The number of urea groups is 1. The highest BCUT2D eigenvalue weighted by molar-refractivity contribution is 7.91. The Hall–Kier alpha value is -1.35. The first kappa shape index (κ1) is 15.7. The molecule has 110 valence electrons. The van der Waals surface area contributed by atoms with Crippen molar-refractivity contribution in [1.29, 1.82) is 0 Å². The van der Waals surface area contributed by atoms with E-state index in [2.05, 4.69) is 10.6 Å². The van der Waals surface area contributed by atoms with Crippen molar-refractivity contribution in [1.82, 2.24) is 10.6 Å². The molecule has 2 atom stereocenters. The highest BCUT2D eigenvalue weighted by Crippen LogP contribution is 2.11. The van der Waals surface area contributed by atoms with Gasteiger partial charge >= 0.3 is 12.0 Å². The fraction of sp³-hybridized carbons (Fsp3) is 0.800. The number of nitrogens with one attached hydrogen (secondary N) is 2. The second kappa shape index (κ2) is 6.71. The summed E-state index contributed by atoms with van der Waals surface area (Å²) >= 11 is 0. The lowest BCUT2D eigenvalue weighted by Crippen LogP contribution is -2.51. The van der Waals surface area contributed by atoms with Gasteiger partial charge in [-0.15, -0.1) is 0 Å². The normalized spacial score (nSPS) is 23.3. The van der Waals surface area contributed by atoms with Crippen molar-refractivity contribution in [2.75, 3.05) is 18.1 Å². The monoisotopic (exact) mass is 294 g/mol. The first-order chi connectivity index (χ1) is 8.84. The molecule has 0 spiro atoms. The highest BCUT2D eigenvalue weighted by atomic mass is 32.2. The van der Waals surface area contributed by atoms with Crippen LogP contribution in [0.5, 0.6) is 0 Å². The van der Waals surface area contributed by atoms with Crippen LogP contribution in [0.25, 0.3) is 0 Å². The Morgan fingerprint density at radius 2 is 2.05 bits per heavy atom. The van der Waals surface area contributed by atoms with E-state index in [0.717, 1.165) is 0 Å². The molecular weight excluding hydrogens is 276 g/mol. The van der Waals surface area contributed by atoms with Gasteiger partial charge in [0.15, 0.2) is 9.84 Å². The van der Waals surface area contributed by atoms with Gasteiger partial charge in [0.05, 0.1) is 11.5 Å². The van der Waals surface area contributed by atoms with Crippen LogP contribution in [0.2, 0.25) is 0 Å². The molecule has 0 radical (unpaired) electrons. The van der Waals surface area contributed by atoms with Crippen molar-refractivity contribution in [3.05, 3.63) is 0 Å². The van der Waals surface area contributed by atoms with E-state index in [1.165, 1.54) is 0 Å². The Morgan fingerprint density at radius 3 is 2.58 bits per heavy atom. The van der Waals surface area contributed by atoms with Gasteiger partial charge in [-0.2, -0.15) is 0 Å². The van der Waals surface area contributed by atoms with Crippen molar-refractivity contribution in [2.24, 2.45) is 0 Å². The van der Waals surface area contributed by atoms with Crippen LogP contribution in [0.15, 0.2) is 0 Å².